The van der Waals surface area contributed by atoms with Crippen LogP contribution in [-0.4, -0.2) is 36.2 Å². The number of hydrogen-bond acceptors (Lipinski definition) is 4. The molecule has 0 aromatic heterocycles. The number of aryl methyl sites for hydroxylation is 1. The summed E-state index contributed by atoms with van der Waals surface area (Å²) in [5, 5.41) is 0. The molecule has 140 valence electrons. The molecule has 2 aromatic rings. The van der Waals surface area contributed by atoms with Crippen molar-refractivity contribution in [3.05, 3.63) is 65.2 Å². The third-order valence-corrected chi connectivity index (χ3v) is 5.37. The average Bonchev–Trinajstić information content (AvgIpc) is 2.93. The number of ketones is 1. The molecule has 0 aliphatic carbocycles. The molecule has 2 amide bonds. The highest BCUT2D eigenvalue weighted by Crippen LogP contribution is 2.39. The van der Waals surface area contributed by atoms with Crippen molar-refractivity contribution < 1.29 is 19.1 Å². The van der Waals surface area contributed by atoms with E-state index in [2.05, 4.69) is 0 Å². The lowest BCUT2D eigenvalue weighted by atomic mass is 9.76. The highest BCUT2D eigenvalue weighted by atomic mass is 16.5. The zero-order valence-corrected chi connectivity index (χ0v) is 15.8. The van der Waals surface area contributed by atoms with Crippen LogP contribution in [0.2, 0.25) is 0 Å². The Hall–Kier alpha value is -2.95. The number of carbonyl (C=O) groups excluding carboxylic acids is 3. The molecule has 1 unspecified atom stereocenters. The normalized spacial score (nSPS) is 19.4. The van der Waals surface area contributed by atoms with Gasteiger partial charge < -0.3 is 4.74 Å². The van der Waals surface area contributed by atoms with Crippen molar-refractivity contribution in [2.75, 3.05) is 13.7 Å². The molecule has 1 fully saturated rings. The Morgan fingerprint density at radius 3 is 2.44 bits per heavy atom. The summed E-state index contributed by atoms with van der Waals surface area (Å²) in [6, 6.07) is 14.5. The molecule has 5 heteroatoms. The first-order valence-corrected chi connectivity index (χ1v) is 9.01. The lowest BCUT2D eigenvalue weighted by molar-refractivity contribution is -0.139. The standard InChI is InChI=1S/C22H23NO4/c1-4-22(16-8-6-5-7-9-16)13-20(25)23(21(22)26)14-19(24)18-11-10-17(27-3)12-15(18)2/h5-12H,4,13-14H2,1-3H3. The van der Waals surface area contributed by atoms with Crippen LogP contribution in [-0.2, 0) is 15.0 Å². The van der Waals surface area contributed by atoms with Crippen LogP contribution in [0.4, 0.5) is 0 Å². The first-order valence-electron chi connectivity index (χ1n) is 9.01. The fourth-order valence-corrected chi connectivity index (χ4v) is 3.73. The van der Waals surface area contributed by atoms with Gasteiger partial charge in [-0.15, -0.1) is 0 Å². The van der Waals surface area contributed by atoms with Crippen LogP contribution < -0.4 is 4.74 Å². The number of hydrogen-bond donors (Lipinski definition) is 0. The smallest absolute Gasteiger partial charge is 0.240 e. The molecule has 1 aliphatic heterocycles. The SMILES string of the molecule is CCC1(c2ccccc2)CC(=O)N(CC(=O)c2ccc(OC)cc2C)C1=O. The third-order valence-electron chi connectivity index (χ3n) is 5.37. The maximum absolute atomic E-state index is 13.2. The summed E-state index contributed by atoms with van der Waals surface area (Å²) in [6.45, 7) is 3.47. The van der Waals surface area contributed by atoms with Crippen molar-refractivity contribution in [1.29, 1.82) is 0 Å². The summed E-state index contributed by atoms with van der Waals surface area (Å²) in [6.07, 6.45) is 0.606. The second kappa shape index (κ2) is 7.35. The maximum atomic E-state index is 13.2. The molecule has 0 N–H and O–H groups in total. The summed E-state index contributed by atoms with van der Waals surface area (Å²) < 4.78 is 5.16. The van der Waals surface area contributed by atoms with Crippen molar-refractivity contribution in [2.24, 2.45) is 0 Å². The van der Waals surface area contributed by atoms with Crippen molar-refractivity contribution in [3.8, 4) is 5.75 Å². The monoisotopic (exact) mass is 365 g/mol. The number of methoxy groups -OCH3 is 1. The molecule has 5 nitrogen and oxygen atoms in total. The lowest BCUT2D eigenvalue weighted by Gasteiger charge is -2.25. The van der Waals surface area contributed by atoms with Crippen molar-refractivity contribution in [3.63, 3.8) is 0 Å². The van der Waals surface area contributed by atoms with Gasteiger partial charge in [0.1, 0.15) is 5.75 Å². The van der Waals surface area contributed by atoms with E-state index in [9.17, 15) is 14.4 Å². The van der Waals surface area contributed by atoms with E-state index in [1.165, 1.54) is 0 Å². The molecular weight excluding hydrogens is 342 g/mol. The molecule has 1 saturated heterocycles. The van der Waals surface area contributed by atoms with E-state index in [-0.39, 0.29) is 30.6 Å². The van der Waals surface area contributed by atoms with Gasteiger partial charge in [0.05, 0.1) is 19.1 Å². The second-order valence-electron chi connectivity index (χ2n) is 6.87. The molecule has 0 bridgehead atoms. The van der Waals surface area contributed by atoms with Crippen LogP contribution in [0.25, 0.3) is 0 Å². The number of nitrogens with zero attached hydrogens (tertiary/aromatic N) is 1. The van der Waals surface area contributed by atoms with E-state index >= 15 is 0 Å². The van der Waals surface area contributed by atoms with Gasteiger partial charge in [-0.1, -0.05) is 37.3 Å². The zero-order chi connectivity index (χ0) is 19.6. The van der Waals surface area contributed by atoms with Gasteiger partial charge in [-0.05, 0) is 42.7 Å². The van der Waals surface area contributed by atoms with Crippen molar-refractivity contribution in [1.82, 2.24) is 4.90 Å². The van der Waals surface area contributed by atoms with E-state index in [1.807, 2.05) is 44.2 Å². The zero-order valence-electron chi connectivity index (χ0n) is 15.8. The number of benzene rings is 2. The summed E-state index contributed by atoms with van der Waals surface area (Å²) in [5.74, 6) is -0.186. The van der Waals surface area contributed by atoms with Gasteiger partial charge in [0.15, 0.2) is 5.78 Å². The largest absolute Gasteiger partial charge is 0.497 e. The van der Waals surface area contributed by atoms with E-state index in [0.29, 0.717) is 17.7 Å². The van der Waals surface area contributed by atoms with Gasteiger partial charge in [0.2, 0.25) is 11.8 Å². The van der Waals surface area contributed by atoms with Crippen LogP contribution >= 0.6 is 0 Å². The Morgan fingerprint density at radius 1 is 1.15 bits per heavy atom. The Kier molecular flexibility index (Phi) is 5.13. The number of carbonyl (C=O) groups is 3. The first-order chi connectivity index (χ1) is 12.9. The minimum absolute atomic E-state index is 0.0984. The van der Waals surface area contributed by atoms with Gasteiger partial charge >= 0.3 is 0 Å². The maximum Gasteiger partial charge on any atom is 0.240 e. The fourth-order valence-electron chi connectivity index (χ4n) is 3.73. The lowest BCUT2D eigenvalue weighted by Crippen LogP contribution is -2.40. The van der Waals surface area contributed by atoms with E-state index in [0.717, 1.165) is 16.0 Å². The molecule has 1 atom stereocenters. The van der Waals surface area contributed by atoms with Gasteiger partial charge in [0.25, 0.3) is 0 Å². The molecule has 2 aromatic carbocycles. The Balaban J connectivity index is 1.87. The number of rotatable bonds is 6. The van der Waals surface area contributed by atoms with E-state index < -0.39 is 5.41 Å². The van der Waals surface area contributed by atoms with E-state index in [4.69, 9.17) is 4.74 Å². The molecule has 1 aliphatic rings. The predicted octanol–water partition coefficient (Wildman–Crippen LogP) is 3.29. The number of ether oxygens (including phenoxy) is 1. The van der Waals surface area contributed by atoms with Crippen LogP contribution in [0.1, 0.15) is 41.3 Å². The average molecular weight is 365 g/mol. The summed E-state index contributed by atoms with van der Waals surface area (Å²) in [5.41, 5.74) is 1.18. The summed E-state index contributed by atoms with van der Waals surface area (Å²) in [4.78, 5) is 39.6. The molecule has 0 spiro atoms. The minimum Gasteiger partial charge on any atom is -0.497 e. The highest BCUT2D eigenvalue weighted by molar-refractivity contribution is 6.12. The molecule has 0 saturated carbocycles. The van der Waals surface area contributed by atoms with Crippen LogP contribution in [0.3, 0.4) is 0 Å². The highest BCUT2D eigenvalue weighted by Gasteiger charge is 2.51. The minimum atomic E-state index is -0.881. The Labute approximate surface area is 158 Å². The van der Waals surface area contributed by atoms with Gasteiger partial charge in [0, 0.05) is 12.0 Å². The molecule has 27 heavy (non-hydrogen) atoms. The van der Waals surface area contributed by atoms with E-state index in [1.54, 1.807) is 25.3 Å². The second-order valence-corrected chi connectivity index (χ2v) is 6.87. The number of amides is 2. The molecule has 3 rings (SSSR count). The Morgan fingerprint density at radius 2 is 1.85 bits per heavy atom. The summed E-state index contributed by atoms with van der Waals surface area (Å²) in [7, 11) is 1.56. The molecule has 0 radical (unpaired) electrons. The van der Waals surface area contributed by atoms with Crippen molar-refractivity contribution >= 4 is 17.6 Å². The third kappa shape index (κ3) is 3.25. The topological polar surface area (TPSA) is 63.7 Å². The van der Waals surface area contributed by atoms with Crippen molar-refractivity contribution in [2.45, 2.75) is 32.1 Å². The Bertz CT molecular complexity index is 890. The van der Waals surface area contributed by atoms with Gasteiger partial charge in [-0.25, -0.2) is 0 Å². The first kappa shape index (κ1) is 18.8. The number of likely N-dealkylation sites (tertiary alicyclic amines) is 1. The number of imide groups is 1. The van der Waals surface area contributed by atoms with Crippen LogP contribution in [0, 0.1) is 6.92 Å². The van der Waals surface area contributed by atoms with Crippen LogP contribution in [0.15, 0.2) is 48.5 Å². The van der Waals surface area contributed by atoms with Gasteiger partial charge in [-0.2, -0.15) is 0 Å². The molecule has 1 heterocycles. The van der Waals surface area contributed by atoms with Gasteiger partial charge in [-0.3, -0.25) is 19.3 Å². The summed E-state index contributed by atoms with van der Waals surface area (Å²) >= 11 is 0. The fraction of sp³-hybridized carbons (Fsp3) is 0.318. The number of Topliss-reactive ketones (excluding diaryl/α,β-unsaturated/α-hetero) is 1. The van der Waals surface area contributed by atoms with Crippen LogP contribution in [0.5, 0.6) is 5.75 Å². The quantitative estimate of drug-likeness (QED) is 0.582. The predicted molar refractivity (Wildman–Crippen MR) is 102 cm³/mol. The molecular formula is C22H23NO4.